The zero-order valence-electron chi connectivity index (χ0n) is 12.2. The first-order valence-electron chi connectivity index (χ1n) is 7.21. The van der Waals surface area contributed by atoms with Gasteiger partial charge in [-0.2, -0.15) is 0 Å². The number of carboxylic acids is 1. The summed E-state index contributed by atoms with van der Waals surface area (Å²) in [7, 11) is 0. The Morgan fingerprint density at radius 1 is 1.45 bits per heavy atom. The van der Waals surface area contributed by atoms with Gasteiger partial charge in [-0.3, -0.25) is 0 Å². The summed E-state index contributed by atoms with van der Waals surface area (Å²) in [5.74, 6) is 0.668. The minimum absolute atomic E-state index is 0.127. The molecular formula is C16H20N2O2. The number of carbonyl (C=O) groups is 1. The van der Waals surface area contributed by atoms with Crippen LogP contribution in [0.4, 0.5) is 0 Å². The average molecular weight is 272 g/mol. The summed E-state index contributed by atoms with van der Waals surface area (Å²) in [5.41, 5.74) is 1.80. The summed E-state index contributed by atoms with van der Waals surface area (Å²) in [6.07, 6.45) is 3.25. The molecule has 1 fully saturated rings. The summed E-state index contributed by atoms with van der Waals surface area (Å²) in [6, 6.07) is 5.36. The van der Waals surface area contributed by atoms with Crippen LogP contribution >= 0.6 is 0 Å². The van der Waals surface area contributed by atoms with Gasteiger partial charge in [0, 0.05) is 11.5 Å². The zero-order chi connectivity index (χ0) is 14.5. The van der Waals surface area contributed by atoms with Crippen molar-refractivity contribution in [2.24, 2.45) is 0 Å². The van der Waals surface area contributed by atoms with Crippen molar-refractivity contribution in [1.82, 2.24) is 9.55 Å². The lowest BCUT2D eigenvalue weighted by atomic mass is 10.00. The fraction of sp³-hybridized carbons (Fsp3) is 0.500. The Balaban J connectivity index is 2.38. The smallest absolute Gasteiger partial charge is 0.337 e. The standard InChI is InChI=1S/C16H20N2O2/c1-4-16(2,3)18-13-11(15(19)20)6-5-7-12(13)17-14(18)10-8-9-10/h5-7,10H,4,8-9H2,1-3H3,(H,19,20). The number of fused-ring (bicyclic) bond motifs is 1. The number of nitrogens with zero attached hydrogens (tertiary/aromatic N) is 2. The third-order valence-corrected chi connectivity index (χ3v) is 4.35. The van der Waals surface area contributed by atoms with Crippen molar-refractivity contribution in [3.05, 3.63) is 29.6 Å². The van der Waals surface area contributed by atoms with Crippen LogP contribution in [0.3, 0.4) is 0 Å². The minimum Gasteiger partial charge on any atom is -0.478 e. The van der Waals surface area contributed by atoms with Crippen molar-refractivity contribution >= 4 is 17.0 Å². The maximum atomic E-state index is 11.5. The molecule has 0 radical (unpaired) electrons. The summed E-state index contributed by atoms with van der Waals surface area (Å²) in [6.45, 7) is 6.43. The predicted molar refractivity (Wildman–Crippen MR) is 78.3 cm³/mol. The van der Waals surface area contributed by atoms with Gasteiger partial charge in [0.15, 0.2) is 0 Å². The molecular weight excluding hydrogens is 252 g/mol. The van der Waals surface area contributed by atoms with Crippen molar-refractivity contribution in [3.63, 3.8) is 0 Å². The van der Waals surface area contributed by atoms with E-state index in [4.69, 9.17) is 4.98 Å². The maximum absolute atomic E-state index is 11.5. The van der Waals surface area contributed by atoms with E-state index in [1.165, 1.54) is 0 Å². The number of aromatic carboxylic acids is 1. The van der Waals surface area contributed by atoms with Gasteiger partial charge in [0.05, 0.1) is 16.6 Å². The zero-order valence-corrected chi connectivity index (χ0v) is 12.2. The quantitative estimate of drug-likeness (QED) is 0.922. The van der Waals surface area contributed by atoms with E-state index in [0.29, 0.717) is 11.5 Å². The van der Waals surface area contributed by atoms with Gasteiger partial charge >= 0.3 is 5.97 Å². The van der Waals surface area contributed by atoms with Crippen molar-refractivity contribution in [2.75, 3.05) is 0 Å². The normalized spacial score (nSPS) is 15.8. The second kappa shape index (κ2) is 4.33. The second-order valence-electron chi connectivity index (χ2n) is 6.22. The van der Waals surface area contributed by atoms with Crippen LogP contribution in [-0.4, -0.2) is 20.6 Å². The van der Waals surface area contributed by atoms with E-state index >= 15 is 0 Å². The third kappa shape index (κ3) is 1.90. The van der Waals surface area contributed by atoms with Gasteiger partial charge in [-0.1, -0.05) is 13.0 Å². The molecule has 1 saturated carbocycles. The average Bonchev–Trinajstić information content (AvgIpc) is 3.17. The first kappa shape index (κ1) is 13.2. The van der Waals surface area contributed by atoms with Crippen LogP contribution in [0.1, 0.15) is 62.1 Å². The number of carboxylic acid groups (broad SMARTS) is 1. The fourth-order valence-electron chi connectivity index (χ4n) is 2.70. The summed E-state index contributed by atoms with van der Waals surface area (Å²) >= 11 is 0. The number of imidazole rings is 1. The molecule has 0 saturated heterocycles. The minimum atomic E-state index is -0.883. The monoisotopic (exact) mass is 272 g/mol. The Morgan fingerprint density at radius 2 is 2.15 bits per heavy atom. The van der Waals surface area contributed by atoms with Gasteiger partial charge in [0.2, 0.25) is 0 Å². The lowest BCUT2D eigenvalue weighted by Gasteiger charge is -2.28. The summed E-state index contributed by atoms with van der Waals surface area (Å²) in [4.78, 5) is 16.3. The van der Waals surface area contributed by atoms with Crippen LogP contribution in [-0.2, 0) is 5.54 Å². The van der Waals surface area contributed by atoms with Gasteiger partial charge in [-0.05, 0) is 45.2 Å². The molecule has 1 aliphatic rings. The molecule has 1 N–H and O–H groups in total. The van der Waals surface area contributed by atoms with Crippen LogP contribution in [0.15, 0.2) is 18.2 Å². The number of benzene rings is 1. The maximum Gasteiger partial charge on any atom is 0.337 e. The Kier molecular flexibility index (Phi) is 2.85. The number of aromatic nitrogens is 2. The molecule has 0 amide bonds. The molecule has 1 heterocycles. The van der Waals surface area contributed by atoms with Crippen molar-refractivity contribution in [2.45, 2.75) is 51.5 Å². The van der Waals surface area contributed by atoms with E-state index in [-0.39, 0.29) is 5.54 Å². The van der Waals surface area contributed by atoms with E-state index in [1.807, 2.05) is 6.07 Å². The summed E-state index contributed by atoms with van der Waals surface area (Å²) in [5, 5.41) is 9.47. The molecule has 106 valence electrons. The van der Waals surface area contributed by atoms with Crippen molar-refractivity contribution < 1.29 is 9.90 Å². The SMILES string of the molecule is CCC(C)(C)n1c(C2CC2)nc2cccc(C(=O)O)c21. The highest BCUT2D eigenvalue weighted by Crippen LogP contribution is 2.43. The first-order valence-corrected chi connectivity index (χ1v) is 7.21. The number of para-hydroxylation sites is 1. The predicted octanol–water partition coefficient (Wildman–Crippen LogP) is 3.76. The van der Waals surface area contributed by atoms with E-state index in [1.54, 1.807) is 12.1 Å². The molecule has 4 heteroatoms. The van der Waals surface area contributed by atoms with Crippen LogP contribution < -0.4 is 0 Å². The fourth-order valence-corrected chi connectivity index (χ4v) is 2.70. The van der Waals surface area contributed by atoms with Gasteiger partial charge in [0.25, 0.3) is 0 Å². The Hall–Kier alpha value is -1.84. The molecule has 0 atom stereocenters. The highest BCUT2D eigenvalue weighted by Gasteiger charge is 2.35. The van der Waals surface area contributed by atoms with Gasteiger partial charge in [-0.25, -0.2) is 9.78 Å². The van der Waals surface area contributed by atoms with Crippen LogP contribution in [0.5, 0.6) is 0 Å². The molecule has 3 rings (SSSR count). The van der Waals surface area contributed by atoms with Gasteiger partial charge < -0.3 is 9.67 Å². The van der Waals surface area contributed by atoms with Gasteiger partial charge in [0.1, 0.15) is 5.82 Å². The Bertz CT molecular complexity index is 681. The Labute approximate surface area is 118 Å². The number of hydrogen-bond acceptors (Lipinski definition) is 2. The van der Waals surface area contributed by atoms with E-state index < -0.39 is 5.97 Å². The largest absolute Gasteiger partial charge is 0.478 e. The molecule has 0 aliphatic heterocycles. The molecule has 20 heavy (non-hydrogen) atoms. The van der Waals surface area contributed by atoms with E-state index in [9.17, 15) is 9.90 Å². The highest BCUT2D eigenvalue weighted by atomic mass is 16.4. The van der Waals surface area contributed by atoms with E-state index in [0.717, 1.165) is 36.1 Å². The van der Waals surface area contributed by atoms with Crippen molar-refractivity contribution in [1.29, 1.82) is 0 Å². The molecule has 1 aliphatic carbocycles. The molecule has 0 unspecified atom stereocenters. The molecule has 0 spiro atoms. The molecule has 0 bridgehead atoms. The van der Waals surface area contributed by atoms with Gasteiger partial charge in [-0.15, -0.1) is 0 Å². The Morgan fingerprint density at radius 3 is 2.70 bits per heavy atom. The first-order chi connectivity index (χ1) is 9.45. The number of hydrogen-bond donors (Lipinski definition) is 1. The van der Waals surface area contributed by atoms with Crippen LogP contribution in [0.25, 0.3) is 11.0 Å². The molecule has 1 aromatic carbocycles. The summed E-state index contributed by atoms with van der Waals surface area (Å²) < 4.78 is 2.17. The third-order valence-electron chi connectivity index (χ3n) is 4.35. The highest BCUT2D eigenvalue weighted by molar-refractivity contribution is 6.01. The van der Waals surface area contributed by atoms with Crippen molar-refractivity contribution in [3.8, 4) is 0 Å². The molecule has 2 aromatic rings. The molecule has 1 aromatic heterocycles. The molecule has 4 nitrogen and oxygen atoms in total. The topological polar surface area (TPSA) is 55.1 Å². The van der Waals surface area contributed by atoms with E-state index in [2.05, 4.69) is 25.3 Å². The number of rotatable bonds is 4. The lowest BCUT2D eigenvalue weighted by molar-refractivity contribution is 0.0698. The van der Waals surface area contributed by atoms with Crippen LogP contribution in [0, 0.1) is 0 Å². The van der Waals surface area contributed by atoms with Crippen LogP contribution in [0.2, 0.25) is 0 Å². The lowest BCUT2D eigenvalue weighted by Crippen LogP contribution is -2.27. The second-order valence-corrected chi connectivity index (χ2v) is 6.22.